The van der Waals surface area contributed by atoms with Crippen LogP contribution in [0.25, 0.3) is 0 Å². The fourth-order valence-electron chi connectivity index (χ4n) is 1.91. The Labute approximate surface area is 96.0 Å². The number of hydrogen-bond acceptors (Lipinski definition) is 4. The first kappa shape index (κ1) is 13.2. The van der Waals surface area contributed by atoms with Crippen molar-refractivity contribution >= 4 is 11.8 Å². The quantitative estimate of drug-likeness (QED) is 0.571. The Kier molecular flexibility index (Phi) is 5.46. The summed E-state index contributed by atoms with van der Waals surface area (Å²) in [5.41, 5.74) is 0. The van der Waals surface area contributed by atoms with Gasteiger partial charge in [-0.05, 0) is 19.3 Å². The third kappa shape index (κ3) is 3.59. The van der Waals surface area contributed by atoms with Gasteiger partial charge in [0.2, 0.25) is 0 Å². The molecule has 16 heavy (non-hydrogen) atoms. The summed E-state index contributed by atoms with van der Waals surface area (Å²) in [6.07, 6.45) is 3.31. The maximum atomic E-state index is 11.5. The van der Waals surface area contributed by atoms with E-state index < -0.39 is 18.0 Å². The van der Waals surface area contributed by atoms with Crippen molar-refractivity contribution in [2.24, 2.45) is 5.92 Å². The summed E-state index contributed by atoms with van der Waals surface area (Å²) >= 11 is 0. The molecule has 2 atom stereocenters. The van der Waals surface area contributed by atoms with Crippen LogP contribution < -0.4 is 0 Å². The Morgan fingerprint density at radius 1 is 1.56 bits per heavy atom. The molecular formula is C12H20O4. The minimum Gasteiger partial charge on any atom is -0.464 e. The number of ether oxygens (including phenoxy) is 1. The van der Waals surface area contributed by atoms with Crippen LogP contribution in [0.1, 0.15) is 45.4 Å². The second kappa shape index (κ2) is 6.63. The van der Waals surface area contributed by atoms with Crippen LogP contribution in [0.3, 0.4) is 0 Å². The number of aliphatic hydroxyl groups is 1. The molecule has 1 N–H and O–H groups in total. The summed E-state index contributed by atoms with van der Waals surface area (Å²) in [6.45, 7) is 2.32. The van der Waals surface area contributed by atoms with Crippen molar-refractivity contribution in [3.63, 3.8) is 0 Å². The molecule has 0 aliphatic heterocycles. The Morgan fingerprint density at radius 2 is 2.31 bits per heavy atom. The maximum Gasteiger partial charge on any atom is 0.335 e. The minimum absolute atomic E-state index is 0.00816. The zero-order valence-electron chi connectivity index (χ0n) is 9.78. The zero-order chi connectivity index (χ0) is 12.0. The van der Waals surface area contributed by atoms with Crippen LogP contribution in [-0.2, 0) is 14.3 Å². The Hall–Kier alpha value is -0.900. The monoisotopic (exact) mass is 228 g/mol. The largest absolute Gasteiger partial charge is 0.464 e. The number of carbonyl (C=O) groups is 2. The van der Waals surface area contributed by atoms with E-state index in [1.165, 1.54) is 0 Å². The lowest BCUT2D eigenvalue weighted by molar-refractivity contribution is -0.160. The molecule has 0 bridgehead atoms. The van der Waals surface area contributed by atoms with E-state index in [0.29, 0.717) is 19.4 Å². The Bertz CT molecular complexity index is 249. The molecule has 0 heterocycles. The number of hydrogen-bond donors (Lipinski definition) is 1. The van der Waals surface area contributed by atoms with Gasteiger partial charge < -0.3 is 9.84 Å². The first-order valence-electron chi connectivity index (χ1n) is 6.04. The number of rotatable bonds is 5. The van der Waals surface area contributed by atoms with Crippen molar-refractivity contribution in [3.8, 4) is 0 Å². The second-order valence-corrected chi connectivity index (χ2v) is 4.28. The lowest BCUT2D eigenvalue weighted by Crippen LogP contribution is -2.37. The average Bonchev–Trinajstić information content (AvgIpc) is 2.29. The number of Topliss-reactive ketones (excluding diaryl/α,β-unsaturated/α-hetero) is 1. The van der Waals surface area contributed by atoms with Gasteiger partial charge >= 0.3 is 5.97 Å². The van der Waals surface area contributed by atoms with E-state index in [-0.39, 0.29) is 5.78 Å². The normalized spacial score (nSPS) is 22.9. The topological polar surface area (TPSA) is 63.6 Å². The highest BCUT2D eigenvalue weighted by Gasteiger charge is 2.34. The highest BCUT2D eigenvalue weighted by atomic mass is 16.5. The maximum absolute atomic E-state index is 11.5. The van der Waals surface area contributed by atoms with E-state index in [1.807, 2.05) is 6.92 Å². The van der Waals surface area contributed by atoms with Gasteiger partial charge in [0.05, 0.1) is 12.5 Å². The molecule has 0 aromatic rings. The van der Waals surface area contributed by atoms with Gasteiger partial charge in [-0.3, -0.25) is 4.79 Å². The molecule has 1 aliphatic carbocycles. The van der Waals surface area contributed by atoms with E-state index in [0.717, 1.165) is 25.7 Å². The van der Waals surface area contributed by atoms with Crippen molar-refractivity contribution in [2.75, 3.05) is 6.61 Å². The van der Waals surface area contributed by atoms with E-state index in [1.54, 1.807) is 0 Å². The van der Waals surface area contributed by atoms with Crippen molar-refractivity contribution in [3.05, 3.63) is 0 Å². The molecule has 0 amide bonds. The summed E-state index contributed by atoms with van der Waals surface area (Å²) in [6, 6.07) is 0. The molecule has 0 aromatic carbocycles. The molecule has 1 rings (SSSR count). The first-order chi connectivity index (χ1) is 7.66. The Morgan fingerprint density at radius 3 is 2.94 bits per heavy atom. The van der Waals surface area contributed by atoms with Gasteiger partial charge in [0.1, 0.15) is 5.78 Å². The summed E-state index contributed by atoms with van der Waals surface area (Å²) in [4.78, 5) is 22.9. The third-order valence-electron chi connectivity index (χ3n) is 2.97. The lowest BCUT2D eigenvalue weighted by atomic mass is 9.84. The molecule has 2 unspecified atom stereocenters. The highest BCUT2D eigenvalue weighted by molar-refractivity contribution is 5.88. The lowest BCUT2D eigenvalue weighted by Gasteiger charge is -2.23. The van der Waals surface area contributed by atoms with Crippen molar-refractivity contribution in [2.45, 2.75) is 51.6 Å². The molecule has 92 valence electrons. The number of unbranched alkanes of at least 4 members (excludes halogenated alkanes) is 1. The van der Waals surface area contributed by atoms with E-state index >= 15 is 0 Å². The number of carbonyl (C=O) groups excluding carboxylic acids is 2. The van der Waals surface area contributed by atoms with Crippen molar-refractivity contribution in [1.82, 2.24) is 0 Å². The van der Waals surface area contributed by atoms with Crippen LogP contribution >= 0.6 is 0 Å². The molecule has 1 aliphatic rings. The van der Waals surface area contributed by atoms with Gasteiger partial charge in [0, 0.05) is 6.42 Å². The number of ketones is 1. The Balaban J connectivity index is 2.39. The molecule has 0 spiro atoms. The second-order valence-electron chi connectivity index (χ2n) is 4.28. The molecule has 0 aromatic heterocycles. The van der Waals surface area contributed by atoms with Crippen LogP contribution in [0, 0.1) is 5.92 Å². The van der Waals surface area contributed by atoms with E-state index in [2.05, 4.69) is 0 Å². The van der Waals surface area contributed by atoms with Gasteiger partial charge in [0.25, 0.3) is 0 Å². The van der Waals surface area contributed by atoms with E-state index in [9.17, 15) is 14.7 Å². The third-order valence-corrected chi connectivity index (χ3v) is 2.97. The number of esters is 1. The zero-order valence-corrected chi connectivity index (χ0v) is 9.78. The van der Waals surface area contributed by atoms with Gasteiger partial charge in [-0.2, -0.15) is 0 Å². The smallest absolute Gasteiger partial charge is 0.335 e. The minimum atomic E-state index is -1.26. The summed E-state index contributed by atoms with van der Waals surface area (Å²) < 4.78 is 4.90. The molecule has 1 fully saturated rings. The molecule has 4 nitrogen and oxygen atoms in total. The van der Waals surface area contributed by atoms with Gasteiger partial charge in [-0.15, -0.1) is 0 Å². The first-order valence-corrected chi connectivity index (χ1v) is 6.04. The molecule has 0 radical (unpaired) electrons. The standard InChI is InChI=1S/C12H20O4/c1-2-3-8-16-12(15)11(14)9-6-4-5-7-10(9)13/h9,11,14H,2-8H2,1H3. The van der Waals surface area contributed by atoms with Crippen LogP contribution in [0.4, 0.5) is 0 Å². The molecule has 0 saturated heterocycles. The van der Waals surface area contributed by atoms with Crippen LogP contribution in [-0.4, -0.2) is 29.6 Å². The summed E-state index contributed by atoms with van der Waals surface area (Å²) in [5.74, 6) is -1.19. The molecular weight excluding hydrogens is 208 g/mol. The van der Waals surface area contributed by atoms with E-state index in [4.69, 9.17) is 4.74 Å². The van der Waals surface area contributed by atoms with Crippen molar-refractivity contribution < 1.29 is 19.4 Å². The van der Waals surface area contributed by atoms with Crippen LogP contribution in [0.2, 0.25) is 0 Å². The average molecular weight is 228 g/mol. The van der Waals surface area contributed by atoms with Crippen LogP contribution in [0.5, 0.6) is 0 Å². The SMILES string of the molecule is CCCCOC(=O)C(O)C1CCCCC1=O. The van der Waals surface area contributed by atoms with Crippen LogP contribution in [0.15, 0.2) is 0 Å². The molecule has 1 saturated carbocycles. The van der Waals surface area contributed by atoms with Crippen molar-refractivity contribution in [1.29, 1.82) is 0 Å². The molecule has 4 heteroatoms. The highest BCUT2D eigenvalue weighted by Crippen LogP contribution is 2.24. The predicted octanol–water partition coefficient (Wildman–Crippen LogP) is 1.45. The predicted molar refractivity (Wildman–Crippen MR) is 58.8 cm³/mol. The van der Waals surface area contributed by atoms with Gasteiger partial charge in [0.15, 0.2) is 6.10 Å². The van der Waals surface area contributed by atoms with Gasteiger partial charge in [-0.25, -0.2) is 4.79 Å². The fraction of sp³-hybridized carbons (Fsp3) is 0.833. The number of aliphatic hydroxyl groups excluding tert-OH is 1. The summed E-state index contributed by atoms with van der Waals surface area (Å²) in [5, 5.41) is 9.72. The van der Waals surface area contributed by atoms with Gasteiger partial charge in [-0.1, -0.05) is 19.8 Å². The fourth-order valence-corrected chi connectivity index (χ4v) is 1.91. The summed E-state index contributed by atoms with van der Waals surface area (Å²) in [7, 11) is 0.